The maximum absolute atomic E-state index is 12.3. The first-order valence-electron chi connectivity index (χ1n) is 8.28. The van der Waals surface area contributed by atoms with Crippen molar-refractivity contribution in [1.29, 1.82) is 0 Å². The summed E-state index contributed by atoms with van der Waals surface area (Å²) in [7, 11) is 0. The van der Waals surface area contributed by atoms with E-state index in [1.165, 1.54) is 11.1 Å². The van der Waals surface area contributed by atoms with Crippen molar-refractivity contribution in [1.82, 2.24) is 10.2 Å². The molecule has 23 heavy (non-hydrogen) atoms. The van der Waals surface area contributed by atoms with E-state index >= 15 is 0 Å². The number of hydrogen-bond acceptors (Lipinski definition) is 2. The van der Waals surface area contributed by atoms with Crippen LogP contribution in [0.2, 0.25) is 0 Å². The fourth-order valence-electron chi connectivity index (χ4n) is 2.64. The number of nitrogens with zero attached hydrogens (tertiary/aromatic N) is 1. The van der Waals surface area contributed by atoms with Crippen molar-refractivity contribution in [2.24, 2.45) is 0 Å². The molecule has 2 aromatic carbocycles. The lowest BCUT2D eigenvalue weighted by molar-refractivity contribution is 0.0950. The maximum Gasteiger partial charge on any atom is 0.251 e. The zero-order valence-electron chi connectivity index (χ0n) is 14.3. The van der Waals surface area contributed by atoms with Crippen LogP contribution in [0.3, 0.4) is 0 Å². The third-order valence-electron chi connectivity index (χ3n) is 4.13. The summed E-state index contributed by atoms with van der Waals surface area (Å²) in [5.41, 5.74) is 4.27. The van der Waals surface area contributed by atoms with Crippen LogP contribution >= 0.6 is 0 Å². The second-order valence-corrected chi connectivity index (χ2v) is 5.78. The predicted octanol–water partition coefficient (Wildman–Crippen LogP) is 3.77. The summed E-state index contributed by atoms with van der Waals surface area (Å²) in [5.74, 6) is -0.0219. The number of nitrogens with one attached hydrogen (secondary N) is 1. The minimum Gasteiger partial charge on any atom is -0.348 e. The average molecular weight is 310 g/mol. The van der Waals surface area contributed by atoms with E-state index in [1.807, 2.05) is 37.3 Å². The van der Waals surface area contributed by atoms with Crippen LogP contribution in [-0.4, -0.2) is 23.9 Å². The van der Waals surface area contributed by atoms with Gasteiger partial charge in [0.05, 0.1) is 0 Å². The molecule has 0 aliphatic heterocycles. The molecule has 0 aliphatic rings. The number of aryl methyl sites for hydroxylation is 1. The average Bonchev–Trinajstić information content (AvgIpc) is 2.58. The Hall–Kier alpha value is -2.13. The van der Waals surface area contributed by atoms with E-state index in [0.717, 1.165) is 25.2 Å². The Morgan fingerprint density at radius 1 is 1.00 bits per heavy atom. The van der Waals surface area contributed by atoms with Crippen LogP contribution in [0.4, 0.5) is 0 Å². The van der Waals surface area contributed by atoms with E-state index in [-0.39, 0.29) is 5.91 Å². The fraction of sp³-hybridized carbons (Fsp3) is 0.350. The van der Waals surface area contributed by atoms with Crippen LogP contribution < -0.4 is 5.32 Å². The molecule has 0 atom stereocenters. The molecule has 3 heteroatoms. The zero-order chi connectivity index (χ0) is 16.7. The Labute approximate surface area is 139 Å². The molecule has 0 saturated heterocycles. The van der Waals surface area contributed by atoms with Gasteiger partial charge in [-0.05, 0) is 43.3 Å². The lowest BCUT2D eigenvalue weighted by Gasteiger charge is -2.20. The molecule has 2 aromatic rings. The minimum absolute atomic E-state index is 0.0219. The van der Waals surface area contributed by atoms with Crippen LogP contribution in [0, 0.1) is 6.92 Å². The summed E-state index contributed by atoms with van der Waals surface area (Å²) in [6.45, 7) is 9.88. The third kappa shape index (κ3) is 4.93. The Balaban J connectivity index is 2.04. The number of benzene rings is 2. The van der Waals surface area contributed by atoms with Gasteiger partial charge >= 0.3 is 0 Å². The first-order chi connectivity index (χ1) is 11.1. The molecule has 1 N–H and O–H groups in total. The molecule has 0 heterocycles. The molecule has 0 bridgehead atoms. The van der Waals surface area contributed by atoms with E-state index < -0.39 is 0 Å². The van der Waals surface area contributed by atoms with Gasteiger partial charge < -0.3 is 5.32 Å². The van der Waals surface area contributed by atoms with Crippen LogP contribution in [0.5, 0.6) is 0 Å². The van der Waals surface area contributed by atoms with E-state index in [4.69, 9.17) is 0 Å². The van der Waals surface area contributed by atoms with Crippen LogP contribution in [0.15, 0.2) is 48.5 Å². The number of carbonyl (C=O) groups excluding carboxylic acids is 1. The van der Waals surface area contributed by atoms with Gasteiger partial charge in [-0.3, -0.25) is 9.69 Å². The highest BCUT2D eigenvalue weighted by molar-refractivity contribution is 5.94. The van der Waals surface area contributed by atoms with Gasteiger partial charge in [0.15, 0.2) is 0 Å². The molecule has 0 aromatic heterocycles. The van der Waals surface area contributed by atoms with E-state index in [2.05, 4.69) is 42.3 Å². The molecule has 3 nitrogen and oxygen atoms in total. The Bertz CT molecular complexity index is 648. The van der Waals surface area contributed by atoms with Gasteiger partial charge in [0.25, 0.3) is 5.91 Å². The molecule has 0 aliphatic carbocycles. The molecule has 122 valence electrons. The van der Waals surface area contributed by atoms with Crippen LogP contribution in [0.25, 0.3) is 0 Å². The largest absolute Gasteiger partial charge is 0.348 e. The summed E-state index contributed by atoms with van der Waals surface area (Å²) in [4.78, 5) is 14.7. The van der Waals surface area contributed by atoms with Gasteiger partial charge in [-0.2, -0.15) is 0 Å². The molecule has 0 spiro atoms. The molecular weight excluding hydrogens is 284 g/mol. The highest BCUT2D eigenvalue weighted by Crippen LogP contribution is 2.12. The monoisotopic (exact) mass is 310 g/mol. The first-order valence-corrected chi connectivity index (χ1v) is 8.28. The third-order valence-corrected chi connectivity index (χ3v) is 4.13. The Morgan fingerprint density at radius 2 is 1.70 bits per heavy atom. The molecule has 0 radical (unpaired) electrons. The van der Waals surface area contributed by atoms with Gasteiger partial charge in [-0.1, -0.05) is 55.8 Å². The van der Waals surface area contributed by atoms with Crippen molar-refractivity contribution in [2.75, 3.05) is 13.1 Å². The van der Waals surface area contributed by atoms with Crippen molar-refractivity contribution < 1.29 is 4.79 Å². The Kier molecular flexibility index (Phi) is 6.36. The summed E-state index contributed by atoms with van der Waals surface area (Å²) in [5, 5.41) is 3.03. The van der Waals surface area contributed by atoms with E-state index in [0.29, 0.717) is 12.1 Å². The van der Waals surface area contributed by atoms with Gasteiger partial charge in [-0.15, -0.1) is 0 Å². The SMILES string of the molecule is CCN(CC)Cc1ccccc1CNC(=O)c1cccc(C)c1. The summed E-state index contributed by atoms with van der Waals surface area (Å²) in [6.07, 6.45) is 0. The van der Waals surface area contributed by atoms with Gasteiger partial charge in [0, 0.05) is 18.7 Å². The van der Waals surface area contributed by atoms with Crippen molar-refractivity contribution >= 4 is 5.91 Å². The molecule has 0 unspecified atom stereocenters. The van der Waals surface area contributed by atoms with Crippen molar-refractivity contribution in [3.8, 4) is 0 Å². The van der Waals surface area contributed by atoms with Gasteiger partial charge in [-0.25, -0.2) is 0 Å². The van der Waals surface area contributed by atoms with E-state index in [1.54, 1.807) is 0 Å². The topological polar surface area (TPSA) is 32.3 Å². The number of carbonyl (C=O) groups is 1. The summed E-state index contributed by atoms with van der Waals surface area (Å²) in [6, 6.07) is 16.0. The normalized spacial score (nSPS) is 10.8. The summed E-state index contributed by atoms with van der Waals surface area (Å²) >= 11 is 0. The van der Waals surface area contributed by atoms with Crippen molar-refractivity contribution in [3.05, 3.63) is 70.8 Å². The second-order valence-electron chi connectivity index (χ2n) is 5.78. The quantitative estimate of drug-likeness (QED) is 0.844. The van der Waals surface area contributed by atoms with Crippen molar-refractivity contribution in [3.63, 3.8) is 0 Å². The number of rotatable bonds is 7. The highest BCUT2D eigenvalue weighted by Gasteiger charge is 2.09. The zero-order valence-corrected chi connectivity index (χ0v) is 14.3. The smallest absolute Gasteiger partial charge is 0.251 e. The fourth-order valence-corrected chi connectivity index (χ4v) is 2.64. The van der Waals surface area contributed by atoms with Crippen LogP contribution in [0.1, 0.15) is 40.9 Å². The van der Waals surface area contributed by atoms with Crippen molar-refractivity contribution in [2.45, 2.75) is 33.9 Å². The second kappa shape index (κ2) is 8.49. The molecule has 0 fully saturated rings. The first kappa shape index (κ1) is 17.2. The van der Waals surface area contributed by atoms with E-state index in [9.17, 15) is 4.79 Å². The predicted molar refractivity (Wildman–Crippen MR) is 95.4 cm³/mol. The minimum atomic E-state index is -0.0219. The van der Waals surface area contributed by atoms with Gasteiger partial charge in [0.2, 0.25) is 0 Å². The molecule has 2 rings (SSSR count). The standard InChI is InChI=1S/C20H26N2O/c1-4-22(5-2)15-19-11-7-6-10-18(19)14-21-20(23)17-12-8-9-16(3)13-17/h6-13H,4-5,14-15H2,1-3H3,(H,21,23). The molecule has 0 saturated carbocycles. The molecule has 1 amide bonds. The molecular formula is C20H26N2O. The lowest BCUT2D eigenvalue weighted by atomic mass is 10.1. The maximum atomic E-state index is 12.3. The number of amides is 1. The Morgan fingerprint density at radius 3 is 2.35 bits per heavy atom. The lowest BCUT2D eigenvalue weighted by Crippen LogP contribution is -2.26. The summed E-state index contributed by atoms with van der Waals surface area (Å²) < 4.78 is 0. The van der Waals surface area contributed by atoms with Crippen LogP contribution in [-0.2, 0) is 13.1 Å². The highest BCUT2D eigenvalue weighted by atomic mass is 16.1. The number of hydrogen-bond donors (Lipinski definition) is 1. The van der Waals surface area contributed by atoms with Gasteiger partial charge in [0.1, 0.15) is 0 Å².